The van der Waals surface area contributed by atoms with Crippen molar-refractivity contribution in [3.05, 3.63) is 56.4 Å². The lowest BCUT2D eigenvalue weighted by molar-refractivity contribution is -0.385. The molecule has 9 nitrogen and oxygen atoms in total. The van der Waals surface area contributed by atoms with Crippen LogP contribution in [0.1, 0.15) is 12.0 Å². The summed E-state index contributed by atoms with van der Waals surface area (Å²) in [7, 11) is 0. The summed E-state index contributed by atoms with van der Waals surface area (Å²) in [6.07, 6.45) is 4.33. The van der Waals surface area contributed by atoms with Crippen LogP contribution < -0.4 is 4.90 Å². The molecule has 0 saturated heterocycles. The van der Waals surface area contributed by atoms with E-state index < -0.39 is 9.85 Å². The lowest BCUT2D eigenvalue weighted by Gasteiger charge is -2.30. The minimum atomic E-state index is -0.501. The Hall–Kier alpha value is -2.97. The Kier molecular flexibility index (Phi) is 3.45. The molecule has 114 valence electrons. The number of hydrogen-bond donors (Lipinski definition) is 0. The number of anilines is 1. The van der Waals surface area contributed by atoms with Crippen molar-refractivity contribution >= 4 is 17.1 Å². The zero-order valence-electron chi connectivity index (χ0n) is 11.6. The molecule has 0 radical (unpaired) electrons. The van der Waals surface area contributed by atoms with E-state index in [0.717, 1.165) is 30.6 Å². The summed E-state index contributed by atoms with van der Waals surface area (Å²) in [5, 5.41) is 25.6. The van der Waals surface area contributed by atoms with Crippen LogP contribution in [0, 0.1) is 20.2 Å². The van der Waals surface area contributed by atoms with Gasteiger partial charge in [-0.3, -0.25) is 20.2 Å². The molecule has 0 atom stereocenters. The molecule has 2 aromatic rings. The normalized spacial score (nSPS) is 13.7. The van der Waals surface area contributed by atoms with Crippen molar-refractivity contribution in [1.29, 1.82) is 0 Å². The highest BCUT2D eigenvalue weighted by Crippen LogP contribution is 2.31. The van der Waals surface area contributed by atoms with Gasteiger partial charge in [0, 0.05) is 24.4 Å². The van der Waals surface area contributed by atoms with Gasteiger partial charge in [-0.15, -0.1) is 0 Å². The van der Waals surface area contributed by atoms with E-state index in [1.807, 2.05) is 4.90 Å². The fraction of sp³-hybridized carbons (Fsp3) is 0.308. The fourth-order valence-electron chi connectivity index (χ4n) is 2.60. The van der Waals surface area contributed by atoms with E-state index >= 15 is 0 Å². The van der Waals surface area contributed by atoms with Gasteiger partial charge in [0.2, 0.25) is 0 Å². The summed E-state index contributed by atoms with van der Waals surface area (Å²) in [4.78, 5) is 22.6. The molecule has 0 bridgehead atoms. The molecule has 1 aromatic heterocycles. The van der Waals surface area contributed by atoms with E-state index in [-0.39, 0.29) is 11.4 Å². The molecule has 1 aliphatic rings. The Labute approximate surface area is 125 Å². The van der Waals surface area contributed by atoms with Crippen LogP contribution in [0.25, 0.3) is 0 Å². The second-order valence-corrected chi connectivity index (χ2v) is 5.07. The molecule has 1 aromatic carbocycles. The van der Waals surface area contributed by atoms with E-state index in [4.69, 9.17) is 0 Å². The van der Waals surface area contributed by atoms with Crippen LogP contribution in [-0.2, 0) is 13.1 Å². The Morgan fingerprint density at radius 1 is 1.18 bits per heavy atom. The number of non-ortho nitro benzene ring substituents is 1. The van der Waals surface area contributed by atoms with Crippen LogP contribution in [0.3, 0.4) is 0 Å². The first kappa shape index (κ1) is 14.0. The van der Waals surface area contributed by atoms with Gasteiger partial charge in [0.1, 0.15) is 19.1 Å². The maximum atomic E-state index is 10.9. The number of aromatic nitrogens is 2. The smallest absolute Gasteiger partial charge is 0.307 e. The maximum Gasteiger partial charge on any atom is 0.307 e. The molecule has 2 heterocycles. The summed E-state index contributed by atoms with van der Waals surface area (Å²) >= 11 is 0. The van der Waals surface area contributed by atoms with Gasteiger partial charge in [-0.25, -0.2) is 4.68 Å². The summed E-state index contributed by atoms with van der Waals surface area (Å²) < 4.78 is 1.46. The zero-order chi connectivity index (χ0) is 15.7. The largest absolute Gasteiger partial charge is 0.352 e. The van der Waals surface area contributed by atoms with Crippen LogP contribution >= 0.6 is 0 Å². The Bertz CT molecular complexity index is 742. The number of nitro groups is 2. The van der Waals surface area contributed by atoms with E-state index in [1.165, 1.54) is 23.1 Å². The maximum absolute atomic E-state index is 10.9. The van der Waals surface area contributed by atoms with Crippen LogP contribution in [-0.4, -0.2) is 26.2 Å². The minimum Gasteiger partial charge on any atom is -0.352 e. The second kappa shape index (κ2) is 5.43. The number of benzene rings is 1. The van der Waals surface area contributed by atoms with Crippen LogP contribution in [0.15, 0.2) is 30.6 Å². The van der Waals surface area contributed by atoms with Gasteiger partial charge in [-0.05, 0) is 18.4 Å². The van der Waals surface area contributed by atoms with E-state index in [9.17, 15) is 20.2 Å². The van der Waals surface area contributed by atoms with Gasteiger partial charge in [-0.2, -0.15) is 5.10 Å². The first-order chi connectivity index (χ1) is 10.5. The summed E-state index contributed by atoms with van der Waals surface area (Å²) in [5.41, 5.74) is 1.80. The predicted molar refractivity (Wildman–Crippen MR) is 77.6 cm³/mol. The van der Waals surface area contributed by atoms with Crippen molar-refractivity contribution in [2.45, 2.75) is 19.5 Å². The van der Waals surface area contributed by atoms with E-state index in [1.54, 1.807) is 12.1 Å². The van der Waals surface area contributed by atoms with Gasteiger partial charge in [0.15, 0.2) is 0 Å². The first-order valence-electron chi connectivity index (χ1n) is 6.74. The number of fused-ring (bicyclic) bond motifs is 1. The highest BCUT2D eigenvalue weighted by atomic mass is 16.6. The van der Waals surface area contributed by atoms with E-state index in [0.29, 0.717) is 6.67 Å². The number of nitrogens with zero attached hydrogens (tertiary/aromatic N) is 5. The first-order valence-corrected chi connectivity index (χ1v) is 6.74. The molecule has 0 unspecified atom stereocenters. The van der Waals surface area contributed by atoms with Crippen LogP contribution in [0.2, 0.25) is 0 Å². The number of nitro benzene ring substituents is 1. The topological polar surface area (TPSA) is 107 Å². The number of aryl methyl sites for hydroxylation is 1. The zero-order valence-corrected chi connectivity index (χ0v) is 11.6. The Morgan fingerprint density at radius 3 is 2.64 bits per heavy atom. The van der Waals surface area contributed by atoms with Gasteiger partial charge >= 0.3 is 5.69 Å². The summed E-state index contributed by atoms with van der Waals surface area (Å²) in [6, 6.07) is 4.82. The molecule has 0 amide bonds. The van der Waals surface area contributed by atoms with Crippen LogP contribution in [0.4, 0.5) is 17.1 Å². The third-order valence-corrected chi connectivity index (χ3v) is 3.64. The molecule has 3 rings (SSSR count). The SMILES string of the molecule is O=[N+]([O-])c1ccc2c(c1)N(Cn1cc([N+](=O)[O-])cn1)CCC2. The predicted octanol–water partition coefficient (Wildman–Crippen LogP) is 2.11. The van der Waals surface area contributed by atoms with Crippen molar-refractivity contribution in [1.82, 2.24) is 9.78 Å². The van der Waals surface area contributed by atoms with Gasteiger partial charge in [0.25, 0.3) is 5.69 Å². The minimum absolute atomic E-state index is 0.0390. The standard InChI is InChI=1S/C13H13N5O4/c19-17(20)11-4-3-10-2-1-5-15(13(10)6-11)9-16-8-12(7-14-16)18(21)22/h3-4,6-8H,1-2,5,9H2. The van der Waals surface area contributed by atoms with Crippen molar-refractivity contribution in [3.8, 4) is 0 Å². The number of rotatable bonds is 4. The quantitative estimate of drug-likeness (QED) is 0.632. The monoisotopic (exact) mass is 303 g/mol. The molecule has 0 N–H and O–H groups in total. The average Bonchev–Trinajstić information content (AvgIpc) is 2.96. The lowest BCUT2D eigenvalue weighted by atomic mass is 10.0. The van der Waals surface area contributed by atoms with Crippen molar-refractivity contribution in [3.63, 3.8) is 0 Å². The summed E-state index contributed by atoms with van der Waals surface area (Å²) in [5.74, 6) is 0. The van der Waals surface area contributed by atoms with Crippen LogP contribution in [0.5, 0.6) is 0 Å². The molecular formula is C13H13N5O4. The van der Waals surface area contributed by atoms with E-state index in [2.05, 4.69) is 5.10 Å². The average molecular weight is 303 g/mol. The molecule has 0 aliphatic carbocycles. The highest BCUT2D eigenvalue weighted by molar-refractivity contribution is 5.60. The van der Waals surface area contributed by atoms with Gasteiger partial charge in [-0.1, -0.05) is 6.07 Å². The molecule has 0 saturated carbocycles. The molecule has 0 spiro atoms. The van der Waals surface area contributed by atoms with Gasteiger partial charge in [0.05, 0.1) is 9.85 Å². The molecular weight excluding hydrogens is 290 g/mol. The Balaban J connectivity index is 1.88. The molecule has 1 aliphatic heterocycles. The second-order valence-electron chi connectivity index (χ2n) is 5.07. The Morgan fingerprint density at radius 2 is 1.95 bits per heavy atom. The third-order valence-electron chi connectivity index (χ3n) is 3.64. The fourth-order valence-corrected chi connectivity index (χ4v) is 2.60. The highest BCUT2D eigenvalue weighted by Gasteiger charge is 2.21. The molecule has 22 heavy (non-hydrogen) atoms. The van der Waals surface area contributed by atoms with Crippen molar-refractivity contribution in [2.75, 3.05) is 11.4 Å². The molecule has 9 heteroatoms. The summed E-state index contributed by atoms with van der Waals surface area (Å²) in [6.45, 7) is 1.05. The lowest BCUT2D eigenvalue weighted by Crippen LogP contribution is -2.31. The van der Waals surface area contributed by atoms with Crippen molar-refractivity contribution < 1.29 is 9.85 Å². The number of hydrogen-bond acceptors (Lipinski definition) is 6. The van der Waals surface area contributed by atoms with Gasteiger partial charge < -0.3 is 4.90 Å². The van der Waals surface area contributed by atoms with Crippen molar-refractivity contribution in [2.24, 2.45) is 0 Å². The third kappa shape index (κ3) is 2.60. The molecule has 0 fully saturated rings.